The molecule has 0 aromatic heterocycles. The largest absolute Gasteiger partial charge is 0.465 e. The van der Waals surface area contributed by atoms with Gasteiger partial charge in [0.15, 0.2) is 5.82 Å². The number of hydrogen-bond donors (Lipinski definition) is 0. The molecule has 5 nitrogen and oxygen atoms in total. The van der Waals surface area contributed by atoms with E-state index in [0.717, 1.165) is 19.2 Å². The summed E-state index contributed by atoms with van der Waals surface area (Å²) in [5.41, 5.74) is -0.859. The minimum atomic E-state index is -0.961. The van der Waals surface area contributed by atoms with Crippen molar-refractivity contribution in [1.82, 2.24) is 0 Å². The molecule has 0 fully saturated rings. The van der Waals surface area contributed by atoms with Crippen LogP contribution in [-0.4, -0.2) is 18.0 Å². The van der Waals surface area contributed by atoms with E-state index in [-0.39, 0.29) is 10.2 Å². The van der Waals surface area contributed by atoms with E-state index in [9.17, 15) is 19.3 Å². The summed E-state index contributed by atoms with van der Waals surface area (Å²) in [6.07, 6.45) is 0. The van der Waals surface area contributed by atoms with Gasteiger partial charge in [0.1, 0.15) is 5.56 Å². The number of nitro benzene ring substituents is 1. The first-order chi connectivity index (χ1) is 6.97. The maximum atomic E-state index is 13.3. The number of nitro groups is 1. The normalized spacial score (nSPS) is 9.80. The van der Waals surface area contributed by atoms with E-state index in [4.69, 9.17) is 0 Å². The van der Waals surface area contributed by atoms with Crippen molar-refractivity contribution in [2.24, 2.45) is 0 Å². The Balaban J connectivity index is 3.37. The molecule has 80 valence electrons. The van der Waals surface area contributed by atoms with E-state index >= 15 is 0 Å². The Morgan fingerprint density at radius 3 is 2.67 bits per heavy atom. The van der Waals surface area contributed by atoms with Crippen LogP contribution in [0.4, 0.5) is 10.1 Å². The van der Waals surface area contributed by atoms with Crippen molar-refractivity contribution in [2.75, 3.05) is 7.11 Å². The summed E-state index contributed by atoms with van der Waals surface area (Å²) in [4.78, 5) is 20.8. The van der Waals surface area contributed by atoms with Crippen LogP contribution in [-0.2, 0) is 4.74 Å². The molecule has 0 bridgehead atoms. The summed E-state index contributed by atoms with van der Waals surface area (Å²) in [7, 11) is 1.06. The SMILES string of the molecule is COC(=O)c1cc([N+](=O)[O-])cc(Br)c1F. The lowest BCUT2D eigenvalue weighted by atomic mass is 10.2. The number of ether oxygens (including phenoxy) is 1. The summed E-state index contributed by atoms with van der Waals surface area (Å²) in [5.74, 6) is -1.84. The van der Waals surface area contributed by atoms with Crippen molar-refractivity contribution in [2.45, 2.75) is 0 Å². The zero-order valence-electron chi connectivity index (χ0n) is 7.49. The van der Waals surface area contributed by atoms with E-state index in [0.29, 0.717) is 0 Å². The van der Waals surface area contributed by atoms with E-state index < -0.39 is 22.3 Å². The highest BCUT2D eigenvalue weighted by Gasteiger charge is 2.20. The van der Waals surface area contributed by atoms with Crippen LogP contribution in [0.1, 0.15) is 10.4 Å². The predicted octanol–water partition coefficient (Wildman–Crippen LogP) is 2.28. The number of carbonyl (C=O) groups is 1. The highest BCUT2D eigenvalue weighted by Crippen LogP contribution is 2.26. The second-order valence-electron chi connectivity index (χ2n) is 2.54. The van der Waals surface area contributed by atoms with Crippen LogP contribution in [0.2, 0.25) is 0 Å². The zero-order chi connectivity index (χ0) is 11.6. The third-order valence-corrected chi connectivity index (χ3v) is 2.21. The molecule has 1 aromatic carbocycles. The number of rotatable bonds is 2. The highest BCUT2D eigenvalue weighted by atomic mass is 79.9. The summed E-state index contributed by atoms with van der Waals surface area (Å²) >= 11 is 2.78. The van der Waals surface area contributed by atoms with Gasteiger partial charge in [0, 0.05) is 12.1 Å². The number of esters is 1. The number of nitrogens with zero attached hydrogens (tertiary/aromatic N) is 1. The molecule has 0 heterocycles. The molecule has 15 heavy (non-hydrogen) atoms. The van der Waals surface area contributed by atoms with Gasteiger partial charge in [-0.15, -0.1) is 0 Å². The van der Waals surface area contributed by atoms with Gasteiger partial charge < -0.3 is 4.74 Å². The average Bonchev–Trinajstić information content (AvgIpc) is 2.20. The van der Waals surface area contributed by atoms with E-state index in [1.165, 1.54) is 0 Å². The van der Waals surface area contributed by atoms with E-state index in [2.05, 4.69) is 20.7 Å². The molecule has 0 saturated heterocycles. The van der Waals surface area contributed by atoms with E-state index in [1.54, 1.807) is 0 Å². The Hall–Kier alpha value is -1.50. The first kappa shape index (κ1) is 11.6. The summed E-state index contributed by atoms with van der Waals surface area (Å²) in [6, 6.07) is 1.80. The molecule has 1 rings (SSSR count). The van der Waals surface area contributed by atoms with Crippen molar-refractivity contribution < 1.29 is 18.8 Å². The van der Waals surface area contributed by atoms with Crippen LogP contribution >= 0.6 is 15.9 Å². The number of methoxy groups -OCH3 is 1. The number of non-ortho nitro benzene ring substituents is 1. The van der Waals surface area contributed by atoms with Gasteiger partial charge in [0.05, 0.1) is 16.5 Å². The number of carbonyl (C=O) groups excluding carboxylic acids is 1. The molecule has 0 aliphatic heterocycles. The minimum Gasteiger partial charge on any atom is -0.465 e. The smallest absolute Gasteiger partial charge is 0.341 e. The van der Waals surface area contributed by atoms with Gasteiger partial charge in [-0.05, 0) is 15.9 Å². The van der Waals surface area contributed by atoms with Gasteiger partial charge in [-0.1, -0.05) is 0 Å². The standard InChI is InChI=1S/C8H5BrFNO4/c1-15-8(12)5-2-4(11(13)14)3-6(9)7(5)10/h2-3H,1H3. The Morgan fingerprint density at radius 1 is 1.60 bits per heavy atom. The van der Waals surface area contributed by atoms with Crippen molar-refractivity contribution in [3.63, 3.8) is 0 Å². The molecule has 0 aliphatic rings. The first-order valence-corrected chi connectivity index (χ1v) is 4.48. The molecule has 0 aliphatic carbocycles. The zero-order valence-corrected chi connectivity index (χ0v) is 9.08. The van der Waals surface area contributed by atoms with Gasteiger partial charge in [0.25, 0.3) is 5.69 Å². The number of hydrogen-bond acceptors (Lipinski definition) is 4. The molecular weight excluding hydrogens is 273 g/mol. The Morgan fingerprint density at radius 2 is 2.20 bits per heavy atom. The van der Waals surface area contributed by atoms with Gasteiger partial charge in [-0.25, -0.2) is 9.18 Å². The molecule has 0 atom stereocenters. The fourth-order valence-corrected chi connectivity index (χ4v) is 1.39. The maximum Gasteiger partial charge on any atom is 0.341 e. The van der Waals surface area contributed by atoms with Gasteiger partial charge >= 0.3 is 5.97 Å². The number of benzene rings is 1. The van der Waals surface area contributed by atoms with Crippen LogP contribution in [0.5, 0.6) is 0 Å². The quantitative estimate of drug-likeness (QED) is 0.472. The molecule has 1 aromatic rings. The predicted molar refractivity (Wildman–Crippen MR) is 52.1 cm³/mol. The summed E-state index contributed by atoms with van der Waals surface area (Å²) in [6.45, 7) is 0. The first-order valence-electron chi connectivity index (χ1n) is 3.69. The van der Waals surface area contributed by atoms with Crippen molar-refractivity contribution in [1.29, 1.82) is 0 Å². The van der Waals surface area contributed by atoms with E-state index in [1.807, 2.05) is 0 Å². The third kappa shape index (κ3) is 2.30. The minimum absolute atomic E-state index is 0.155. The monoisotopic (exact) mass is 277 g/mol. The molecule has 0 unspecified atom stereocenters. The van der Waals surface area contributed by atoms with Crippen LogP contribution < -0.4 is 0 Å². The fraction of sp³-hybridized carbons (Fsp3) is 0.125. The summed E-state index contributed by atoms with van der Waals surface area (Å²) < 4.78 is 17.4. The molecule has 0 amide bonds. The van der Waals surface area contributed by atoms with Crippen LogP contribution in [0.25, 0.3) is 0 Å². The lowest BCUT2D eigenvalue weighted by molar-refractivity contribution is -0.385. The Bertz CT molecular complexity index is 435. The number of halogens is 2. The van der Waals surface area contributed by atoms with Crippen LogP contribution in [0.15, 0.2) is 16.6 Å². The van der Waals surface area contributed by atoms with Crippen molar-refractivity contribution in [3.8, 4) is 0 Å². The molecular formula is C8H5BrFNO4. The van der Waals surface area contributed by atoms with Gasteiger partial charge in [-0.3, -0.25) is 10.1 Å². The lowest BCUT2D eigenvalue weighted by Crippen LogP contribution is -2.06. The van der Waals surface area contributed by atoms with Crippen LogP contribution in [0.3, 0.4) is 0 Å². The summed E-state index contributed by atoms with van der Waals surface area (Å²) in [5, 5.41) is 10.4. The highest BCUT2D eigenvalue weighted by molar-refractivity contribution is 9.10. The molecule has 0 radical (unpaired) electrons. The fourth-order valence-electron chi connectivity index (χ4n) is 0.939. The Labute approximate surface area is 92.1 Å². The molecule has 0 spiro atoms. The second kappa shape index (κ2) is 4.35. The van der Waals surface area contributed by atoms with Crippen molar-refractivity contribution >= 4 is 27.6 Å². The third-order valence-electron chi connectivity index (χ3n) is 1.63. The molecule has 7 heteroatoms. The lowest BCUT2D eigenvalue weighted by Gasteiger charge is -2.02. The maximum absolute atomic E-state index is 13.3. The van der Waals surface area contributed by atoms with Crippen molar-refractivity contribution in [3.05, 3.63) is 38.1 Å². The second-order valence-corrected chi connectivity index (χ2v) is 3.39. The molecule has 0 N–H and O–H groups in total. The topological polar surface area (TPSA) is 69.4 Å². The molecule has 0 saturated carbocycles. The van der Waals surface area contributed by atoms with Gasteiger partial charge in [0.2, 0.25) is 0 Å². The Kier molecular flexibility index (Phi) is 3.35. The van der Waals surface area contributed by atoms with Gasteiger partial charge in [-0.2, -0.15) is 0 Å². The van der Waals surface area contributed by atoms with Crippen LogP contribution in [0, 0.1) is 15.9 Å². The average molecular weight is 278 g/mol.